The van der Waals surface area contributed by atoms with Gasteiger partial charge in [-0.25, -0.2) is 5.43 Å². The molecule has 2 N–H and O–H groups in total. The standard InChI is InChI=1S/C4H8N2/c1-2-4-3-5-6-4/h2,4-6H,1,3H2. The van der Waals surface area contributed by atoms with Gasteiger partial charge in [-0.05, 0) is 0 Å². The third-order valence-corrected chi connectivity index (χ3v) is 0.894. The zero-order valence-electron chi connectivity index (χ0n) is 3.57. The third-order valence-electron chi connectivity index (χ3n) is 0.894. The summed E-state index contributed by atoms with van der Waals surface area (Å²) in [5, 5.41) is 0. The second-order valence-corrected chi connectivity index (χ2v) is 1.37. The quantitative estimate of drug-likeness (QED) is 0.424. The maximum Gasteiger partial charge on any atom is 0.0529 e. The fourth-order valence-corrected chi connectivity index (χ4v) is 0.362. The minimum Gasteiger partial charge on any atom is -0.255 e. The Hall–Kier alpha value is -0.340. The average Bonchev–Trinajstić information content (AvgIpc) is 1.31. The van der Waals surface area contributed by atoms with Gasteiger partial charge in [-0.2, -0.15) is 0 Å². The highest BCUT2D eigenvalue weighted by Gasteiger charge is 2.08. The first-order chi connectivity index (χ1) is 2.93. The van der Waals surface area contributed by atoms with E-state index in [4.69, 9.17) is 0 Å². The van der Waals surface area contributed by atoms with Crippen molar-refractivity contribution in [1.29, 1.82) is 0 Å². The first-order valence-electron chi connectivity index (χ1n) is 2.04. The molecule has 0 radical (unpaired) electrons. The molecular weight excluding hydrogens is 76.1 g/mol. The number of hydrogen-bond acceptors (Lipinski definition) is 2. The van der Waals surface area contributed by atoms with E-state index in [1.165, 1.54) is 0 Å². The number of hydrazine groups is 1. The van der Waals surface area contributed by atoms with E-state index in [0.717, 1.165) is 6.54 Å². The molecule has 1 atom stereocenters. The molecule has 0 bridgehead atoms. The summed E-state index contributed by atoms with van der Waals surface area (Å²) in [5.74, 6) is 0. The molecule has 0 aromatic heterocycles. The van der Waals surface area contributed by atoms with Gasteiger partial charge in [-0.3, -0.25) is 5.43 Å². The Labute approximate surface area is 37.2 Å². The van der Waals surface area contributed by atoms with Crippen LogP contribution in [0.4, 0.5) is 0 Å². The second kappa shape index (κ2) is 1.41. The molecule has 6 heavy (non-hydrogen) atoms. The highest BCUT2D eigenvalue weighted by Crippen LogP contribution is 1.85. The molecule has 1 unspecified atom stereocenters. The third kappa shape index (κ3) is 0.441. The molecule has 0 saturated carbocycles. The number of nitrogens with one attached hydrogen (secondary N) is 2. The van der Waals surface area contributed by atoms with Crippen molar-refractivity contribution in [1.82, 2.24) is 10.9 Å². The minimum absolute atomic E-state index is 0.519. The first kappa shape index (κ1) is 3.84. The van der Waals surface area contributed by atoms with Crippen LogP contribution in [0.3, 0.4) is 0 Å². The molecule has 1 saturated heterocycles. The molecule has 0 spiro atoms. The van der Waals surface area contributed by atoms with Crippen LogP contribution in [-0.4, -0.2) is 12.6 Å². The van der Waals surface area contributed by atoms with Crippen molar-refractivity contribution in [2.45, 2.75) is 6.04 Å². The molecule has 1 aliphatic heterocycles. The van der Waals surface area contributed by atoms with E-state index in [1.807, 2.05) is 6.08 Å². The van der Waals surface area contributed by atoms with E-state index in [-0.39, 0.29) is 0 Å². The van der Waals surface area contributed by atoms with Crippen molar-refractivity contribution in [2.24, 2.45) is 0 Å². The summed E-state index contributed by atoms with van der Waals surface area (Å²) >= 11 is 0. The smallest absolute Gasteiger partial charge is 0.0529 e. The Balaban J connectivity index is 2.16. The van der Waals surface area contributed by atoms with Crippen LogP contribution in [-0.2, 0) is 0 Å². The highest BCUT2D eigenvalue weighted by atomic mass is 15.4. The average molecular weight is 84.1 g/mol. The molecule has 2 nitrogen and oxygen atoms in total. The second-order valence-electron chi connectivity index (χ2n) is 1.37. The largest absolute Gasteiger partial charge is 0.255 e. The maximum atomic E-state index is 3.58. The van der Waals surface area contributed by atoms with Crippen LogP contribution in [0.15, 0.2) is 12.7 Å². The summed E-state index contributed by atoms with van der Waals surface area (Å²) in [6.45, 7) is 4.61. The lowest BCUT2D eigenvalue weighted by atomic mass is 10.3. The van der Waals surface area contributed by atoms with Gasteiger partial charge in [0.1, 0.15) is 0 Å². The highest BCUT2D eigenvalue weighted by molar-refractivity contribution is 4.90. The molecule has 0 aromatic rings. The van der Waals surface area contributed by atoms with Crippen LogP contribution in [0.2, 0.25) is 0 Å². The Morgan fingerprint density at radius 1 is 1.83 bits per heavy atom. The molecule has 1 fully saturated rings. The van der Waals surface area contributed by atoms with Crippen LogP contribution in [0.5, 0.6) is 0 Å². The SMILES string of the molecule is C=CC1CNN1. The Morgan fingerprint density at radius 3 is 2.50 bits per heavy atom. The molecule has 2 heteroatoms. The van der Waals surface area contributed by atoms with Gasteiger partial charge in [0.25, 0.3) is 0 Å². The van der Waals surface area contributed by atoms with Gasteiger partial charge in [0, 0.05) is 6.54 Å². The first-order valence-corrected chi connectivity index (χ1v) is 2.04. The predicted octanol–water partition coefficient (Wildman–Crippen LogP) is -0.351. The van der Waals surface area contributed by atoms with Crippen molar-refractivity contribution < 1.29 is 0 Å². The van der Waals surface area contributed by atoms with Crippen molar-refractivity contribution in [3.8, 4) is 0 Å². The molecule has 0 amide bonds. The van der Waals surface area contributed by atoms with Crippen molar-refractivity contribution in [2.75, 3.05) is 6.54 Å². The topological polar surface area (TPSA) is 24.1 Å². The van der Waals surface area contributed by atoms with E-state index in [9.17, 15) is 0 Å². The van der Waals surface area contributed by atoms with Gasteiger partial charge in [-0.15, -0.1) is 6.58 Å². The Morgan fingerprint density at radius 2 is 2.50 bits per heavy atom. The molecule has 0 aromatic carbocycles. The molecule has 1 rings (SSSR count). The van der Waals surface area contributed by atoms with Crippen molar-refractivity contribution >= 4 is 0 Å². The van der Waals surface area contributed by atoms with Crippen molar-refractivity contribution in [3.05, 3.63) is 12.7 Å². The lowest BCUT2D eigenvalue weighted by Crippen LogP contribution is -2.57. The van der Waals surface area contributed by atoms with Gasteiger partial charge in [0.15, 0.2) is 0 Å². The van der Waals surface area contributed by atoms with E-state index in [1.54, 1.807) is 0 Å². The van der Waals surface area contributed by atoms with Gasteiger partial charge in [0.2, 0.25) is 0 Å². The molecule has 1 heterocycles. The summed E-state index contributed by atoms with van der Waals surface area (Å²) in [6, 6.07) is 0.519. The zero-order valence-corrected chi connectivity index (χ0v) is 3.57. The maximum absolute atomic E-state index is 3.58. The minimum atomic E-state index is 0.519. The predicted molar refractivity (Wildman–Crippen MR) is 25.1 cm³/mol. The summed E-state index contributed by atoms with van der Waals surface area (Å²) in [7, 11) is 0. The summed E-state index contributed by atoms with van der Waals surface area (Å²) in [4.78, 5) is 0. The monoisotopic (exact) mass is 84.1 g/mol. The van der Waals surface area contributed by atoms with Gasteiger partial charge >= 0.3 is 0 Å². The van der Waals surface area contributed by atoms with Gasteiger partial charge < -0.3 is 0 Å². The number of hydrogen-bond donors (Lipinski definition) is 2. The Kier molecular flexibility index (Phi) is 0.900. The molecule has 34 valence electrons. The fraction of sp³-hybridized carbons (Fsp3) is 0.500. The van der Waals surface area contributed by atoms with E-state index >= 15 is 0 Å². The summed E-state index contributed by atoms with van der Waals surface area (Å²) in [5.41, 5.74) is 5.82. The van der Waals surface area contributed by atoms with Gasteiger partial charge in [0.05, 0.1) is 6.04 Å². The van der Waals surface area contributed by atoms with E-state index in [0.29, 0.717) is 6.04 Å². The zero-order chi connectivity index (χ0) is 4.41. The molecule has 1 aliphatic rings. The van der Waals surface area contributed by atoms with E-state index in [2.05, 4.69) is 17.4 Å². The summed E-state index contributed by atoms with van der Waals surface area (Å²) < 4.78 is 0. The van der Waals surface area contributed by atoms with Gasteiger partial charge in [-0.1, -0.05) is 6.08 Å². The van der Waals surface area contributed by atoms with Crippen LogP contribution in [0, 0.1) is 0 Å². The van der Waals surface area contributed by atoms with Crippen molar-refractivity contribution in [3.63, 3.8) is 0 Å². The normalized spacial score (nSPS) is 31.7. The lowest BCUT2D eigenvalue weighted by molar-refractivity contribution is 0.351. The molecular formula is C4H8N2. The van der Waals surface area contributed by atoms with Crippen LogP contribution in [0.1, 0.15) is 0 Å². The van der Waals surface area contributed by atoms with E-state index < -0.39 is 0 Å². The van der Waals surface area contributed by atoms with Crippen LogP contribution >= 0.6 is 0 Å². The summed E-state index contributed by atoms with van der Waals surface area (Å²) in [6.07, 6.45) is 1.89. The fourth-order valence-electron chi connectivity index (χ4n) is 0.362. The number of rotatable bonds is 1. The Bertz CT molecular complexity index is 56.6. The molecule has 0 aliphatic carbocycles. The van der Waals surface area contributed by atoms with Crippen LogP contribution < -0.4 is 10.9 Å². The lowest BCUT2D eigenvalue weighted by Gasteiger charge is -2.24. The van der Waals surface area contributed by atoms with Crippen LogP contribution in [0.25, 0.3) is 0 Å².